The van der Waals surface area contributed by atoms with Gasteiger partial charge in [0.25, 0.3) is 11.5 Å². The third kappa shape index (κ3) is 7.94. The van der Waals surface area contributed by atoms with E-state index >= 15 is 0 Å². The minimum atomic E-state index is -0.434. The van der Waals surface area contributed by atoms with E-state index in [0.717, 1.165) is 56.3 Å². The summed E-state index contributed by atoms with van der Waals surface area (Å²) in [6.07, 6.45) is 6.46. The molecule has 0 radical (unpaired) electrons. The van der Waals surface area contributed by atoms with E-state index in [0.29, 0.717) is 50.7 Å². The van der Waals surface area contributed by atoms with Crippen molar-refractivity contribution in [2.24, 2.45) is 7.05 Å². The zero-order valence-electron chi connectivity index (χ0n) is 32.6. The van der Waals surface area contributed by atoms with Crippen LogP contribution in [0.2, 0.25) is 0 Å². The van der Waals surface area contributed by atoms with E-state index in [2.05, 4.69) is 59.7 Å². The fraction of sp³-hybridized carbons (Fsp3) is 0.439. The first-order valence-corrected chi connectivity index (χ1v) is 19.9. The predicted molar refractivity (Wildman–Crippen MR) is 220 cm³/mol. The third-order valence-corrected chi connectivity index (χ3v) is 12.2. The number of piperazine rings is 1. The van der Waals surface area contributed by atoms with Gasteiger partial charge in [-0.05, 0) is 61.6 Å². The van der Waals surface area contributed by atoms with Crippen LogP contribution < -0.4 is 30.7 Å². The second-order valence-corrected chi connectivity index (χ2v) is 16.6. The number of amides is 2. The predicted octanol–water partition coefficient (Wildman–Crippen LogP) is 5.29. The average molecular weight is 783 g/mol. The molecule has 0 spiro atoms. The molecule has 3 aliphatic rings. The van der Waals surface area contributed by atoms with Crippen molar-refractivity contribution in [1.29, 1.82) is 0 Å². The summed E-state index contributed by atoms with van der Waals surface area (Å²) in [7, 11) is 1.63. The molecular formula is C41H50N8O6S. The van der Waals surface area contributed by atoms with Crippen molar-refractivity contribution in [3.05, 3.63) is 81.1 Å². The number of anilines is 5. The topological polar surface area (TPSA) is 154 Å². The minimum absolute atomic E-state index is 0.0385. The van der Waals surface area contributed by atoms with Crippen molar-refractivity contribution in [2.75, 3.05) is 66.4 Å². The van der Waals surface area contributed by atoms with Gasteiger partial charge in [0.15, 0.2) is 5.82 Å². The summed E-state index contributed by atoms with van der Waals surface area (Å²) in [6, 6.07) is 9.95. The molecule has 3 aromatic heterocycles. The maximum absolute atomic E-state index is 14.0. The van der Waals surface area contributed by atoms with Crippen LogP contribution in [0.3, 0.4) is 0 Å². The smallest absolute Gasteiger partial charge is 0.293 e. The fourth-order valence-electron chi connectivity index (χ4n) is 7.61. The van der Waals surface area contributed by atoms with Crippen LogP contribution >= 0.6 is 11.3 Å². The van der Waals surface area contributed by atoms with Crippen molar-refractivity contribution in [1.82, 2.24) is 19.4 Å². The van der Waals surface area contributed by atoms with Crippen molar-refractivity contribution in [3.8, 4) is 17.0 Å². The molecule has 56 heavy (non-hydrogen) atoms. The number of aryl methyl sites for hydroxylation is 1. The van der Waals surface area contributed by atoms with Crippen LogP contribution in [0.1, 0.15) is 60.6 Å². The highest BCUT2D eigenvalue weighted by Gasteiger charge is 2.33. The summed E-state index contributed by atoms with van der Waals surface area (Å²) < 4.78 is 13.0. The largest absolute Gasteiger partial charge is 0.490 e. The number of nitrogens with one attached hydrogen (secondary N) is 2. The molecule has 4 aromatic rings. The van der Waals surface area contributed by atoms with Gasteiger partial charge in [0.05, 0.1) is 30.2 Å². The monoisotopic (exact) mass is 782 g/mol. The molecule has 3 N–H and O–H groups in total. The number of benzene rings is 1. The molecule has 0 bridgehead atoms. The van der Waals surface area contributed by atoms with E-state index in [9.17, 15) is 19.5 Å². The van der Waals surface area contributed by atoms with Gasteiger partial charge in [-0.2, -0.15) is 0 Å². The normalized spacial score (nSPS) is 18.2. The minimum Gasteiger partial charge on any atom is -0.490 e. The van der Waals surface area contributed by atoms with Crippen LogP contribution in [0.25, 0.3) is 11.3 Å². The number of ether oxygens (including phenoxy) is 2. The van der Waals surface area contributed by atoms with Gasteiger partial charge in [-0.25, -0.2) is 9.97 Å². The molecule has 0 aliphatic carbocycles. The van der Waals surface area contributed by atoms with E-state index in [1.54, 1.807) is 31.6 Å². The zero-order valence-corrected chi connectivity index (χ0v) is 33.4. The molecule has 0 saturated carbocycles. The van der Waals surface area contributed by atoms with Crippen molar-refractivity contribution in [2.45, 2.75) is 64.6 Å². The van der Waals surface area contributed by atoms with Crippen LogP contribution in [-0.4, -0.2) is 94.4 Å². The maximum atomic E-state index is 14.0. The molecule has 1 atom stereocenters. The summed E-state index contributed by atoms with van der Waals surface area (Å²) in [5, 5.41) is 16.9. The summed E-state index contributed by atoms with van der Waals surface area (Å²) >= 11 is 1.40. The zero-order chi connectivity index (χ0) is 39.7. The summed E-state index contributed by atoms with van der Waals surface area (Å²) in [5.41, 5.74) is 2.73. The Morgan fingerprint density at radius 1 is 1.11 bits per heavy atom. The fourth-order valence-corrected chi connectivity index (χ4v) is 8.72. The molecular weight excluding hydrogens is 733 g/mol. The number of rotatable bonds is 9. The van der Waals surface area contributed by atoms with Crippen LogP contribution in [0, 0.1) is 0 Å². The van der Waals surface area contributed by atoms with Crippen LogP contribution in [-0.2, 0) is 28.6 Å². The van der Waals surface area contributed by atoms with E-state index in [1.165, 1.54) is 26.9 Å². The van der Waals surface area contributed by atoms with Crippen molar-refractivity contribution >= 4 is 51.8 Å². The van der Waals surface area contributed by atoms with E-state index in [-0.39, 0.29) is 47.8 Å². The van der Waals surface area contributed by atoms with Gasteiger partial charge in [0.1, 0.15) is 23.1 Å². The number of carbonyl (C=O) groups is 2. The maximum Gasteiger partial charge on any atom is 0.293 e. The Hall–Kier alpha value is -5.09. The van der Waals surface area contributed by atoms with E-state index in [1.807, 2.05) is 18.2 Å². The SMILES string of the molecule is C=CC(=O)Nc1cc(Nc2nc(-c3ccnc(N4CCOc5cc(C(C)(C)C)sc5C4=O)c3CO)cn(C)c2=O)ccc1N1CCN(C2CCOCC2)C[C@@H]1C. The number of aliphatic hydroxyl groups excluding tert-OH is 1. The number of aromatic nitrogens is 3. The molecule has 7 rings (SSSR count). The molecule has 2 saturated heterocycles. The van der Waals surface area contributed by atoms with Gasteiger partial charge in [0, 0.05) is 86.1 Å². The van der Waals surface area contributed by atoms with Gasteiger partial charge in [-0.3, -0.25) is 24.2 Å². The number of aliphatic hydroxyl groups is 1. The van der Waals surface area contributed by atoms with Crippen molar-refractivity contribution < 1.29 is 24.2 Å². The van der Waals surface area contributed by atoms with Crippen LogP contribution in [0.5, 0.6) is 5.75 Å². The van der Waals surface area contributed by atoms with E-state index < -0.39 is 6.61 Å². The lowest BCUT2D eigenvalue weighted by molar-refractivity contribution is -0.111. The lowest BCUT2D eigenvalue weighted by Gasteiger charge is -2.45. The molecule has 6 heterocycles. The first-order chi connectivity index (χ1) is 26.9. The highest BCUT2D eigenvalue weighted by Crippen LogP contribution is 2.40. The Balaban J connectivity index is 1.18. The Morgan fingerprint density at radius 2 is 1.89 bits per heavy atom. The molecule has 15 heteroatoms. The number of hydrogen-bond acceptors (Lipinski definition) is 12. The Kier molecular flexibility index (Phi) is 11.3. The standard InChI is InChI=1S/C41H50N8O6S/c1-7-35(51)44-30-20-26(8-9-32(30)48-15-14-47(22-25(48)2)27-11-17-54-18-12-27)43-37-40(53)46(6)23-31(45-37)28-10-13-42-38(29(28)24-50)49-16-19-55-33-21-34(41(3,4)5)56-36(33)39(49)52/h7-10,13,20-21,23,25,27,50H,1,11-12,14-19,22,24H2,2-6H3,(H,43,45)(H,44,51)/t25-/m0/s1. The van der Waals surface area contributed by atoms with Crippen LogP contribution in [0.4, 0.5) is 28.7 Å². The lowest BCUT2D eigenvalue weighted by atomic mass is 9.95. The number of thiophene rings is 1. The van der Waals surface area contributed by atoms with E-state index in [4.69, 9.17) is 14.5 Å². The second-order valence-electron chi connectivity index (χ2n) is 15.5. The van der Waals surface area contributed by atoms with Gasteiger partial charge in [-0.15, -0.1) is 11.3 Å². The average Bonchev–Trinajstić information content (AvgIpc) is 3.57. The van der Waals surface area contributed by atoms with Gasteiger partial charge >= 0.3 is 0 Å². The molecule has 0 unspecified atom stereocenters. The van der Waals surface area contributed by atoms with Gasteiger partial charge in [-0.1, -0.05) is 27.4 Å². The Morgan fingerprint density at radius 3 is 2.61 bits per heavy atom. The van der Waals surface area contributed by atoms with Crippen molar-refractivity contribution in [3.63, 3.8) is 0 Å². The first-order valence-electron chi connectivity index (χ1n) is 19.0. The van der Waals surface area contributed by atoms with Crippen LogP contribution in [0.15, 0.2) is 60.2 Å². The first kappa shape index (κ1) is 39.2. The summed E-state index contributed by atoms with van der Waals surface area (Å²) in [6.45, 7) is 16.3. The molecule has 2 amide bonds. The second kappa shape index (κ2) is 16.2. The Bertz CT molecular complexity index is 2190. The number of carbonyl (C=O) groups excluding carboxylic acids is 2. The molecule has 296 valence electrons. The lowest BCUT2D eigenvalue weighted by Crippen LogP contribution is -2.56. The summed E-state index contributed by atoms with van der Waals surface area (Å²) in [4.78, 5) is 57.4. The number of hydrogen-bond donors (Lipinski definition) is 3. The number of nitrogens with zero attached hydrogens (tertiary/aromatic N) is 6. The quantitative estimate of drug-likeness (QED) is 0.190. The third-order valence-electron chi connectivity index (χ3n) is 10.6. The molecule has 14 nitrogen and oxygen atoms in total. The highest BCUT2D eigenvalue weighted by atomic mass is 32.1. The highest BCUT2D eigenvalue weighted by molar-refractivity contribution is 7.14. The number of pyridine rings is 1. The van der Waals surface area contributed by atoms with Gasteiger partial charge in [0.2, 0.25) is 5.91 Å². The van der Waals surface area contributed by atoms with Gasteiger partial charge < -0.3 is 34.7 Å². The molecule has 3 aliphatic heterocycles. The molecule has 2 fully saturated rings. The Labute approximate surface area is 330 Å². The summed E-state index contributed by atoms with van der Waals surface area (Å²) in [5.74, 6) is 0.274. The molecule has 1 aromatic carbocycles. The number of fused-ring (bicyclic) bond motifs is 1.